The molecule has 0 bridgehead atoms. The van der Waals surface area contributed by atoms with Crippen LogP contribution in [0.5, 0.6) is 0 Å². The van der Waals surface area contributed by atoms with E-state index >= 15 is 0 Å². The Hall–Kier alpha value is -0.710. The maximum Gasteiger partial charge on any atom is 0.142 e. The van der Waals surface area contributed by atoms with Gasteiger partial charge in [-0.25, -0.2) is 8.78 Å². The molecule has 0 saturated carbocycles. The van der Waals surface area contributed by atoms with Crippen molar-refractivity contribution >= 4 is 11.6 Å². The highest BCUT2D eigenvalue weighted by molar-refractivity contribution is 6.30. The fraction of sp³-hybridized carbons (Fsp3) is 0.455. The molecule has 1 fully saturated rings. The molecule has 1 aliphatic rings. The molecule has 1 atom stereocenters. The highest BCUT2D eigenvalue weighted by Crippen LogP contribution is 2.31. The van der Waals surface area contributed by atoms with Crippen LogP contribution >= 0.6 is 11.6 Å². The summed E-state index contributed by atoms with van der Waals surface area (Å²) in [5, 5.41) is 2.78. The highest BCUT2D eigenvalue weighted by atomic mass is 35.5. The second-order valence-electron chi connectivity index (χ2n) is 3.85. The summed E-state index contributed by atoms with van der Waals surface area (Å²) in [4.78, 5) is 0. The van der Waals surface area contributed by atoms with Crippen molar-refractivity contribution in [1.29, 1.82) is 0 Å². The van der Waals surface area contributed by atoms with Crippen LogP contribution in [0, 0.1) is 17.6 Å². The standard InChI is InChI=1S/C11H12ClF2NO/c1-15-11(6-4-16-5-6)7-2-10(14)8(12)3-9(7)13/h2-3,6,11,15H,4-5H2,1H3/t11-/m1/s1. The van der Waals surface area contributed by atoms with E-state index in [0.717, 1.165) is 12.1 Å². The van der Waals surface area contributed by atoms with E-state index in [-0.39, 0.29) is 17.0 Å². The fourth-order valence-corrected chi connectivity index (χ4v) is 2.02. The van der Waals surface area contributed by atoms with Crippen LogP contribution in [0.4, 0.5) is 8.78 Å². The third-order valence-electron chi connectivity index (χ3n) is 2.82. The van der Waals surface area contributed by atoms with Gasteiger partial charge in [-0.1, -0.05) is 11.6 Å². The predicted octanol–water partition coefficient (Wildman–Crippen LogP) is 2.53. The second kappa shape index (κ2) is 4.65. The zero-order valence-electron chi connectivity index (χ0n) is 8.77. The fourth-order valence-electron chi connectivity index (χ4n) is 1.87. The highest BCUT2D eigenvalue weighted by Gasteiger charge is 2.30. The summed E-state index contributed by atoms with van der Waals surface area (Å²) in [6, 6.07) is 1.92. The Morgan fingerprint density at radius 2 is 2.06 bits per heavy atom. The first-order chi connectivity index (χ1) is 7.63. The molecule has 0 aromatic heterocycles. The van der Waals surface area contributed by atoms with E-state index in [4.69, 9.17) is 16.3 Å². The van der Waals surface area contributed by atoms with E-state index < -0.39 is 11.6 Å². The van der Waals surface area contributed by atoms with Gasteiger partial charge >= 0.3 is 0 Å². The first kappa shape index (κ1) is 11.8. The van der Waals surface area contributed by atoms with Gasteiger partial charge in [-0.15, -0.1) is 0 Å². The van der Waals surface area contributed by atoms with Crippen molar-refractivity contribution in [2.45, 2.75) is 6.04 Å². The van der Waals surface area contributed by atoms with E-state index in [0.29, 0.717) is 18.8 Å². The van der Waals surface area contributed by atoms with Gasteiger partial charge < -0.3 is 10.1 Å². The molecule has 1 aromatic carbocycles. The number of halogens is 3. The van der Waals surface area contributed by atoms with Crippen LogP contribution < -0.4 is 5.32 Å². The minimum atomic E-state index is -0.599. The van der Waals surface area contributed by atoms with Gasteiger partial charge in [-0.3, -0.25) is 0 Å². The maximum absolute atomic E-state index is 13.7. The summed E-state index contributed by atoms with van der Waals surface area (Å²) < 4.78 is 32.0. The van der Waals surface area contributed by atoms with Crippen molar-refractivity contribution in [1.82, 2.24) is 5.32 Å². The zero-order valence-corrected chi connectivity index (χ0v) is 9.52. The van der Waals surface area contributed by atoms with E-state index in [9.17, 15) is 8.78 Å². The number of hydrogen-bond acceptors (Lipinski definition) is 2. The van der Waals surface area contributed by atoms with E-state index in [2.05, 4.69) is 5.32 Å². The van der Waals surface area contributed by atoms with Crippen LogP contribution in [0.25, 0.3) is 0 Å². The summed E-state index contributed by atoms with van der Waals surface area (Å²) in [6.45, 7) is 1.13. The molecule has 1 aromatic rings. The van der Waals surface area contributed by atoms with Crippen molar-refractivity contribution < 1.29 is 13.5 Å². The molecule has 1 aliphatic heterocycles. The van der Waals surface area contributed by atoms with Crippen LogP contribution in [-0.4, -0.2) is 20.3 Å². The van der Waals surface area contributed by atoms with Gasteiger partial charge in [0.15, 0.2) is 0 Å². The molecule has 0 aliphatic carbocycles. The van der Waals surface area contributed by atoms with E-state index in [1.807, 2.05) is 0 Å². The lowest BCUT2D eigenvalue weighted by Gasteiger charge is -2.34. The minimum Gasteiger partial charge on any atom is -0.381 e. The number of rotatable bonds is 3. The normalized spacial score (nSPS) is 18.2. The van der Waals surface area contributed by atoms with Crippen molar-refractivity contribution in [2.24, 2.45) is 5.92 Å². The Kier molecular flexibility index (Phi) is 3.42. The first-order valence-electron chi connectivity index (χ1n) is 5.03. The molecule has 0 amide bonds. The predicted molar refractivity (Wildman–Crippen MR) is 57.5 cm³/mol. The molecule has 1 heterocycles. The summed E-state index contributed by atoms with van der Waals surface area (Å²) in [5.74, 6) is -0.906. The van der Waals surface area contributed by atoms with Gasteiger partial charge in [0.2, 0.25) is 0 Å². The van der Waals surface area contributed by atoms with Crippen LogP contribution in [0.1, 0.15) is 11.6 Å². The zero-order chi connectivity index (χ0) is 11.7. The van der Waals surface area contributed by atoms with E-state index in [1.54, 1.807) is 7.05 Å². The third kappa shape index (κ3) is 2.05. The van der Waals surface area contributed by atoms with Crippen molar-refractivity contribution in [3.05, 3.63) is 34.4 Å². The van der Waals surface area contributed by atoms with Gasteiger partial charge in [0, 0.05) is 17.5 Å². The van der Waals surface area contributed by atoms with Crippen LogP contribution in [0.2, 0.25) is 5.02 Å². The van der Waals surface area contributed by atoms with Gasteiger partial charge in [0.1, 0.15) is 11.6 Å². The first-order valence-corrected chi connectivity index (χ1v) is 5.40. The number of hydrogen-bond donors (Lipinski definition) is 1. The lowest BCUT2D eigenvalue weighted by Crippen LogP contribution is -2.39. The molecule has 2 rings (SSSR count). The lowest BCUT2D eigenvalue weighted by molar-refractivity contribution is -0.0497. The molecule has 0 radical (unpaired) electrons. The summed E-state index contributed by atoms with van der Waals surface area (Å²) in [5.41, 5.74) is 0.303. The van der Waals surface area contributed by atoms with E-state index in [1.165, 1.54) is 0 Å². The molecule has 5 heteroatoms. The van der Waals surface area contributed by atoms with Crippen LogP contribution in [-0.2, 0) is 4.74 Å². The Balaban J connectivity index is 2.33. The third-order valence-corrected chi connectivity index (χ3v) is 3.11. The number of ether oxygens (including phenoxy) is 1. The molecule has 88 valence electrons. The lowest BCUT2D eigenvalue weighted by atomic mass is 9.91. The monoisotopic (exact) mass is 247 g/mol. The van der Waals surface area contributed by atoms with Crippen molar-refractivity contribution in [3.8, 4) is 0 Å². The van der Waals surface area contributed by atoms with Crippen LogP contribution in [0.3, 0.4) is 0 Å². The molecule has 0 unspecified atom stereocenters. The molecule has 1 N–H and O–H groups in total. The average molecular weight is 248 g/mol. The Morgan fingerprint density at radius 3 is 2.56 bits per heavy atom. The molecule has 2 nitrogen and oxygen atoms in total. The number of benzene rings is 1. The Bertz CT molecular complexity index is 396. The summed E-state index contributed by atoms with van der Waals surface area (Å²) in [6.07, 6.45) is 0. The Labute approximate surface area is 97.5 Å². The maximum atomic E-state index is 13.7. The largest absolute Gasteiger partial charge is 0.381 e. The summed E-state index contributed by atoms with van der Waals surface area (Å²) >= 11 is 5.50. The van der Waals surface area contributed by atoms with Gasteiger partial charge in [-0.2, -0.15) is 0 Å². The quantitative estimate of drug-likeness (QED) is 0.829. The molecular formula is C11H12ClF2NO. The van der Waals surface area contributed by atoms with Gasteiger partial charge in [-0.05, 0) is 19.2 Å². The molecular weight excluding hydrogens is 236 g/mol. The smallest absolute Gasteiger partial charge is 0.142 e. The van der Waals surface area contributed by atoms with Crippen molar-refractivity contribution in [3.63, 3.8) is 0 Å². The second-order valence-corrected chi connectivity index (χ2v) is 4.26. The van der Waals surface area contributed by atoms with Crippen molar-refractivity contribution in [2.75, 3.05) is 20.3 Å². The average Bonchev–Trinajstić information content (AvgIpc) is 2.17. The minimum absolute atomic E-state index is 0.181. The van der Waals surface area contributed by atoms with Gasteiger partial charge in [0.05, 0.1) is 18.2 Å². The molecule has 16 heavy (non-hydrogen) atoms. The number of nitrogens with one attached hydrogen (secondary N) is 1. The van der Waals surface area contributed by atoms with Crippen LogP contribution in [0.15, 0.2) is 12.1 Å². The molecule has 0 spiro atoms. The topological polar surface area (TPSA) is 21.3 Å². The van der Waals surface area contributed by atoms with Gasteiger partial charge in [0.25, 0.3) is 0 Å². The molecule has 1 saturated heterocycles. The summed E-state index contributed by atoms with van der Waals surface area (Å²) in [7, 11) is 1.72. The SMILES string of the molecule is CN[C@@H](c1cc(F)c(Cl)cc1F)C1COC1. The Morgan fingerprint density at radius 1 is 1.38 bits per heavy atom.